The van der Waals surface area contributed by atoms with E-state index in [9.17, 15) is 26.4 Å². The molecule has 0 bridgehead atoms. The number of benzene rings is 1. The molecule has 0 radical (unpaired) electrons. The molecular weight excluding hydrogens is 401 g/mol. The Morgan fingerprint density at radius 3 is 2.57 bits per heavy atom. The van der Waals surface area contributed by atoms with Gasteiger partial charge >= 0.3 is 6.18 Å². The van der Waals surface area contributed by atoms with Crippen molar-refractivity contribution in [3.05, 3.63) is 42.4 Å². The number of nitrogens with one attached hydrogen (secondary N) is 1. The molecule has 28 heavy (non-hydrogen) atoms. The Hall–Kier alpha value is -2.44. The van der Waals surface area contributed by atoms with Gasteiger partial charge in [-0.25, -0.2) is 13.4 Å². The van der Waals surface area contributed by atoms with Crippen LogP contribution in [0.5, 0.6) is 0 Å². The van der Waals surface area contributed by atoms with Crippen LogP contribution in [-0.4, -0.2) is 54.5 Å². The first kappa shape index (κ1) is 20.3. The summed E-state index contributed by atoms with van der Waals surface area (Å²) in [6.45, 7) is 0.563. The van der Waals surface area contributed by atoms with Gasteiger partial charge in [0.15, 0.2) is 5.03 Å². The second-order valence-corrected chi connectivity index (χ2v) is 7.88. The Bertz CT molecular complexity index is 953. The molecule has 152 valence electrons. The van der Waals surface area contributed by atoms with Crippen molar-refractivity contribution in [2.75, 3.05) is 31.6 Å². The first-order chi connectivity index (χ1) is 13.2. The Morgan fingerprint density at radius 1 is 1.21 bits per heavy atom. The van der Waals surface area contributed by atoms with Crippen LogP contribution in [0.4, 0.5) is 18.9 Å². The van der Waals surface area contributed by atoms with Gasteiger partial charge in [0.05, 0.1) is 30.8 Å². The summed E-state index contributed by atoms with van der Waals surface area (Å²) >= 11 is 0. The highest BCUT2D eigenvalue weighted by Crippen LogP contribution is 2.34. The molecule has 1 aromatic heterocycles. The number of rotatable bonds is 5. The highest BCUT2D eigenvalue weighted by molar-refractivity contribution is 7.89. The summed E-state index contributed by atoms with van der Waals surface area (Å²) in [4.78, 5) is 15.9. The Labute approximate surface area is 159 Å². The number of aromatic nitrogens is 2. The number of anilines is 1. The van der Waals surface area contributed by atoms with Crippen LogP contribution in [-0.2, 0) is 32.3 Å². The quantitative estimate of drug-likeness (QED) is 0.796. The number of ether oxygens (including phenoxy) is 1. The van der Waals surface area contributed by atoms with Gasteiger partial charge in [0.25, 0.3) is 10.0 Å². The monoisotopic (exact) mass is 418 g/mol. The van der Waals surface area contributed by atoms with Crippen LogP contribution in [0.2, 0.25) is 0 Å². The standard InChI is InChI=1S/C16H17F3N4O4S/c17-16(18,19)12-3-1-2-4-13(12)21-14(24)9-22-10-15(20-11-22)28(25,26)23-5-7-27-8-6-23/h1-4,10-11H,5-9H2,(H,21,24). The molecule has 3 rings (SSSR count). The lowest BCUT2D eigenvalue weighted by Gasteiger charge is -2.24. The second kappa shape index (κ2) is 7.89. The van der Waals surface area contributed by atoms with Crippen molar-refractivity contribution >= 4 is 21.6 Å². The highest BCUT2D eigenvalue weighted by Gasteiger charge is 2.33. The summed E-state index contributed by atoms with van der Waals surface area (Å²) in [6.07, 6.45) is -2.30. The summed E-state index contributed by atoms with van der Waals surface area (Å²) in [6, 6.07) is 4.59. The summed E-state index contributed by atoms with van der Waals surface area (Å²) in [7, 11) is -3.82. The summed E-state index contributed by atoms with van der Waals surface area (Å²) < 4.78 is 71.5. The van der Waals surface area contributed by atoms with E-state index in [0.717, 1.165) is 18.5 Å². The average molecular weight is 418 g/mol. The number of para-hydroxylation sites is 1. The zero-order chi connectivity index (χ0) is 20.4. The van der Waals surface area contributed by atoms with E-state index in [2.05, 4.69) is 10.3 Å². The van der Waals surface area contributed by atoms with Crippen LogP contribution in [0.25, 0.3) is 0 Å². The molecule has 1 aliphatic rings. The highest BCUT2D eigenvalue weighted by atomic mass is 32.2. The van der Waals surface area contributed by atoms with E-state index in [0.29, 0.717) is 0 Å². The average Bonchev–Trinajstić information content (AvgIpc) is 3.11. The Balaban J connectivity index is 1.70. The predicted molar refractivity (Wildman–Crippen MR) is 91.9 cm³/mol. The van der Waals surface area contributed by atoms with E-state index < -0.39 is 34.2 Å². The van der Waals surface area contributed by atoms with E-state index in [-0.39, 0.29) is 37.0 Å². The number of sulfonamides is 1. The maximum atomic E-state index is 13.0. The molecule has 0 saturated carbocycles. The van der Waals surface area contributed by atoms with Gasteiger partial charge in [0.1, 0.15) is 6.54 Å². The minimum atomic E-state index is -4.61. The number of alkyl halides is 3. The van der Waals surface area contributed by atoms with Gasteiger partial charge in [-0.1, -0.05) is 12.1 Å². The number of amides is 1. The smallest absolute Gasteiger partial charge is 0.379 e. The summed E-state index contributed by atoms with van der Waals surface area (Å²) in [5, 5.41) is 1.95. The van der Waals surface area contributed by atoms with Gasteiger partial charge in [0.2, 0.25) is 5.91 Å². The van der Waals surface area contributed by atoms with E-state index in [1.807, 2.05) is 0 Å². The van der Waals surface area contributed by atoms with E-state index in [1.54, 1.807) is 0 Å². The second-order valence-electron chi connectivity index (χ2n) is 5.99. The topological polar surface area (TPSA) is 93.5 Å². The maximum absolute atomic E-state index is 13.0. The predicted octanol–water partition coefficient (Wildman–Crippen LogP) is 1.56. The van der Waals surface area contributed by atoms with Gasteiger partial charge in [-0.15, -0.1) is 0 Å². The van der Waals surface area contributed by atoms with Crippen LogP contribution in [0.3, 0.4) is 0 Å². The van der Waals surface area contributed by atoms with Crippen molar-refractivity contribution in [2.45, 2.75) is 17.7 Å². The van der Waals surface area contributed by atoms with Crippen molar-refractivity contribution in [1.29, 1.82) is 0 Å². The lowest BCUT2D eigenvalue weighted by Crippen LogP contribution is -2.40. The fraction of sp³-hybridized carbons (Fsp3) is 0.375. The fourth-order valence-electron chi connectivity index (χ4n) is 2.67. The first-order valence-electron chi connectivity index (χ1n) is 8.23. The zero-order valence-corrected chi connectivity index (χ0v) is 15.3. The molecule has 0 spiro atoms. The third-order valence-corrected chi connectivity index (χ3v) is 5.80. The lowest BCUT2D eigenvalue weighted by molar-refractivity contribution is -0.137. The molecular formula is C16H17F3N4O4S. The van der Waals surface area contributed by atoms with Crippen LogP contribution >= 0.6 is 0 Å². The molecule has 1 aliphatic heterocycles. The van der Waals surface area contributed by atoms with Gasteiger partial charge in [-0.2, -0.15) is 17.5 Å². The molecule has 1 fully saturated rings. The molecule has 0 aliphatic carbocycles. The van der Waals surface area contributed by atoms with Crippen molar-refractivity contribution in [2.24, 2.45) is 0 Å². The Kier molecular flexibility index (Phi) is 5.72. The van der Waals surface area contributed by atoms with E-state index in [1.165, 1.54) is 27.2 Å². The number of nitrogens with zero attached hydrogens (tertiary/aromatic N) is 3. The summed E-state index contributed by atoms with van der Waals surface area (Å²) in [5.41, 5.74) is -1.34. The van der Waals surface area contributed by atoms with Crippen LogP contribution in [0.1, 0.15) is 5.56 Å². The van der Waals surface area contributed by atoms with Crippen molar-refractivity contribution in [3.8, 4) is 0 Å². The van der Waals surface area contributed by atoms with Gasteiger partial charge < -0.3 is 14.6 Å². The minimum Gasteiger partial charge on any atom is -0.379 e. The van der Waals surface area contributed by atoms with Crippen LogP contribution < -0.4 is 5.32 Å². The third kappa shape index (κ3) is 4.51. The normalized spacial score (nSPS) is 16.1. The third-order valence-electron chi connectivity index (χ3n) is 4.02. The molecule has 1 N–H and O–H groups in total. The lowest BCUT2D eigenvalue weighted by atomic mass is 10.1. The maximum Gasteiger partial charge on any atom is 0.418 e. The molecule has 2 aromatic rings. The molecule has 1 amide bonds. The van der Waals surface area contributed by atoms with Gasteiger partial charge in [-0.3, -0.25) is 4.79 Å². The van der Waals surface area contributed by atoms with Gasteiger partial charge in [-0.05, 0) is 12.1 Å². The zero-order valence-electron chi connectivity index (χ0n) is 14.5. The number of hydrogen-bond donors (Lipinski definition) is 1. The number of morpholine rings is 1. The SMILES string of the molecule is O=C(Cn1cnc(S(=O)(=O)N2CCOCC2)c1)Nc1ccccc1C(F)(F)F. The first-order valence-corrected chi connectivity index (χ1v) is 9.67. The molecule has 0 unspecified atom stereocenters. The molecule has 0 atom stereocenters. The van der Waals surface area contributed by atoms with Crippen molar-refractivity contribution < 1.29 is 31.1 Å². The Morgan fingerprint density at radius 2 is 1.89 bits per heavy atom. The van der Waals surface area contributed by atoms with Crippen molar-refractivity contribution in [3.63, 3.8) is 0 Å². The number of carbonyl (C=O) groups is 1. The minimum absolute atomic E-state index is 0.198. The largest absolute Gasteiger partial charge is 0.418 e. The van der Waals surface area contributed by atoms with Crippen molar-refractivity contribution in [1.82, 2.24) is 13.9 Å². The fourth-order valence-corrected chi connectivity index (χ4v) is 4.02. The molecule has 12 heteroatoms. The molecule has 8 nitrogen and oxygen atoms in total. The number of hydrogen-bond acceptors (Lipinski definition) is 5. The molecule has 2 heterocycles. The number of halogens is 3. The number of carbonyl (C=O) groups excluding carboxylic acids is 1. The summed E-state index contributed by atoms with van der Waals surface area (Å²) in [5.74, 6) is -0.746. The van der Waals surface area contributed by atoms with Crippen LogP contribution in [0, 0.1) is 0 Å². The molecule has 1 aromatic carbocycles. The van der Waals surface area contributed by atoms with Gasteiger partial charge in [0, 0.05) is 19.3 Å². The van der Waals surface area contributed by atoms with E-state index in [4.69, 9.17) is 4.74 Å². The molecule has 1 saturated heterocycles. The van der Waals surface area contributed by atoms with Crippen LogP contribution in [0.15, 0.2) is 41.8 Å². The number of imidazole rings is 1. The van der Waals surface area contributed by atoms with E-state index >= 15 is 0 Å².